The predicted octanol–water partition coefficient (Wildman–Crippen LogP) is 1.66. The molecule has 1 aliphatic rings. The number of thiophene rings is 1. The summed E-state index contributed by atoms with van der Waals surface area (Å²) in [6.07, 6.45) is 2.85. The monoisotopic (exact) mass is 511 g/mol. The largest absolute Gasteiger partial charge is 0.349 e. The average Bonchev–Trinajstić information content (AvgIpc) is 3.34. The second-order valence-corrected chi connectivity index (χ2v) is 7.26. The van der Waals surface area contributed by atoms with Crippen LogP contribution in [0, 0.1) is 0 Å². The quantitative estimate of drug-likeness (QED) is 0.316. The number of aromatic nitrogens is 3. The van der Waals surface area contributed by atoms with Crippen LogP contribution in [0.2, 0.25) is 0 Å². The topological polar surface area (TPSA) is 86.9 Å². The highest BCUT2D eigenvalue weighted by atomic mass is 127. The fourth-order valence-electron chi connectivity index (χ4n) is 3.13. The number of fused-ring (bicyclic) bond motifs is 2. The Morgan fingerprint density at radius 3 is 3.04 bits per heavy atom. The number of pyridine rings is 1. The molecule has 3 aromatic heterocycles. The molecule has 10 heteroatoms. The zero-order valence-corrected chi connectivity index (χ0v) is 18.6. The lowest BCUT2D eigenvalue weighted by atomic mass is 10.1. The Morgan fingerprint density at radius 2 is 2.18 bits per heavy atom. The molecule has 1 amide bonds. The van der Waals surface area contributed by atoms with Gasteiger partial charge < -0.3 is 15.5 Å². The lowest BCUT2D eigenvalue weighted by Gasteiger charge is -2.27. The van der Waals surface area contributed by atoms with E-state index >= 15 is 0 Å². The molecule has 2 N–H and O–H groups in total. The average molecular weight is 511 g/mol. The second kappa shape index (κ2) is 9.32. The zero-order valence-electron chi connectivity index (χ0n) is 15.5. The maximum Gasteiger partial charge on any atom is 0.242 e. The molecular formula is C18H22IN7OS. The smallest absolute Gasteiger partial charge is 0.242 e. The molecule has 0 fully saturated rings. The Hall–Kier alpha value is -2.21. The first-order valence-corrected chi connectivity index (χ1v) is 9.69. The van der Waals surface area contributed by atoms with E-state index in [1.165, 1.54) is 10.4 Å². The minimum Gasteiger partial charge on any atom is -0.349 e. The molecule has 1 aliphatic heterocycles. The molecule has 0 aromatic carbocycles. The van der Waals surface area contributed by atoms with E-state index in [-0.39, 0.29) is 36.4 Å². The van der Waals surface area contributed by atoms with Crippen LogP contribution in [0.4, 0.5) is 0 Å². The van der Waals surface area contributed by atoms with Crippen LogP contribution in [-0.4, -0.2) is 51.5 Å². The van der Waals surface area contributed by atoms with Crippen LogP contribution in [0.25, 0.3) is 5.65 Å². The molecule has 0 bridgehead atoms. The Bertz CT molecular complexity index is 983. The van der Waals surface area contributed by atoms with Gasteiger partial charge in [-0.2, -0.15) is 0 Å². The minimum absolute atomic E-state index is 0. The number of amides is 1. The molecule has 0 saturated carbocycles. The molecule has 0 radical (unpaired) electrons. The molecule has 28 heavy (non-hydrogen) atoms. The summed E-state index contributed by atoms with van der Waals surface area (Å²) in [5, 5.41) is 16.7. The van der Waals surface area contributed by atoms with E-state index in [1.54, 1.807) is 18.4 Å². The van der Waals surface area contributed by atoms with Gasteiger partial charge in [-0.3, -0.25) is 14.2 Å². The summed E-state index contributed by atoms with van der Waals surface area (Å²) in [6, 6.07) is 7.87. The number of nitrogens with zero attached hydrogens (tertiary/aromatic N) is 5. The van der Waals surface area contributed by atoms with Crippen molar-refractivity contribution in [3.63, 3.8) is 0 Å². The van der Waals surface area contributed by atoms with E-state index in [4.69, 9.17) is 0 Å². The van der Waals surface area contributed by atoms with Gasteiger partial charge in [0.05, 0.1) is 13.1 Å². The maximum atomic E-state index is 12.5. The lowest BCUT2D eigenvalue weighted by molar-refractivity contribution is -0.130. The van der Waals surface area contributed by atoms with Gasteiger partial charge in [-0.25, -0.2) is 0 Å². The summed E-state index contributed by atoms with van der Waals surface area (Å²) in [5.74, 6) is 1.41. The Balaban J connectivity index is 0.00000225. The second-order valence-electron chi connectivity index (χ2n) is 6.26. The number of guanidine groups is 1. The fraction of sp³-hybridized carbons (Fsp3) is 0.333. The van der Waals surface area contributed by atoms with Gasteiger partial charge in [-0.05, 0) is 35.6 Å². The predicted molar refractivity (Wildman–Crippen MR) is 120 cm³/mol. The lowest BCUT2D eigenvalue weighted by Crippen LogP contribution is -2.45. The van der Waals surface area contributed by atoms with Crippen LogP contribution in [0.1, 0.15) is 16.3 Å². The van der Waals surface area contributed by atoms with Crippen LogP contribution in [-0.2, 0) is 24.3 Å². The maximum absolute atomic E-state index is 12.5. The van der Waals surface area contributed by atoms with Crippen LogP contribution < -0.4 is 10.6 Å². The van der Waals surface area contributed by atoms with Crippen molar-refractivity contribution in [2.45, 2.75) is 19.5 Å². The summed E-state index contributed by atoms with van der Waals surface area (Å²) < 4.78 is 1.91. The highest BCUT2D eigenvalue weighted by Gasteiger charge is 2.21. The molecule has 0 atom stereocenters. The molecule has 0 unspecified atom stereocenters. The molecular weight excluding hydrogens is 489 g/mol. The number of carbonyl (C=O) groups excluding carboxylic acids is 1. The van der Waals surface area contributed by atoms with Crippen molar-refractivity contribution in [1.29, 1.82) is 0 Å². The minimum atomic E-state index is 0. The molecule has 0 aliphatic carbocycles. The fourth-order valence-corrected chi connectivity index (χ4v) is 4.02. The van der Waals surface area contributed by atoms with Crippen LogP contribution in [0.5, 0.6) is 0 Å². The van der Waals surface area contributed by atoms with Crippen molar-refractivity contribution in [2.75, 3.05) is 20.1 Å². The van der Waals surface area contributed by atoms with Gasteiger partial charge in [0.15, 0.2) is 17.4 Å². The summed E-state index contributed by atoms with van der Waals surface area (Å²) in [7, 11) is 1.68. The third kappa shape index (κ3) is 4.43. The van der Waals surface area contributed by atoms with Crippen LogP contribution in [0.3, 0.4) is 0 Å². The van der Waals surface area contributed by atoms with Gasteiger partial charge >= 0.3 is 0 Å². The molecule has 4 heterocycles. The third-order valence-corrected chi connectivity index (χ3v) is 5.61. The van der Waals surface area contributed by atoms with E-state index in [9.17, 15) is 4.79 Å². The summed E-state index contributed by atoms with van der Waals surface area (Å²) in [4.78, 5) is 20.0. The molecule has 3 aromatic rings. The van der Waals surface area contributed by atoms with Crippen molar-refractivity contribution >= 4 is 52.8 Å². The summed E-state index contributed by atoms with van der Waals surface area (Å²) in [6.45, 7) is 2.13. The van der Waals surface area contributed by atoms with E-state index in [0.717, 1.165) is 24.4 Å². The summed E-state index contributed by atoms with van der Waals surface area (Å²) in [5.41, 5.74) is 2.06. The first kappa shape index (κ1) is 20.5. The number of hydrogen-bond donors (Lipinski definition) is 2. The van der Waals surface area contributed by atoms with Crippen molar-refractivity contribution in [3.8, 4) is 0 Å². The van der Waals surface area contributed by atoms with Crippen LogP contribution in [0.15, 0.2) is 40.8 Å². The number of halogens is 1. The number of carbonyl (C=O) groups is 1. The first-order chi connectivity index (χ1) is 13.2. The van der Waals surface area contributed by atoms with Gasteiger partial charge in [-0.1, -0.05) is 6.07 Å². The Kier molecular flexibility index (Phi) is 6.83. The molecule has 8 nitrogen and oxygen atoms in total. The standard InChI is InChI=1S/C18H21N7OS.HI/c1-19-18(20-10-16-23-22-15-4-2-3-7-25(15)16)21-11-17(26)24-8-5-14-13(12-24)6-9-27-14;/h2-4,6-7,9H,5,8,10-12H2,1H3,(H2,19,20,21);1H. The van der Waals surface area contributed by atoms with Gasteiger partial charge in [0.1, 0.15) is 0 Å². The number of rotatable bonds is 4. The van der Waals surface area contributed by atoms with Gasteiger partial charge in [0.25, 0.3) is 0 Å². The molecule has 148 valence electrons. The van der Waals surface area contributed by atoms with Crippen molar-refractivity contribution in [3.05, 3.63) is 52.1 Å². The van der Waals surface area contributed by atoms with E-state index in [1.807, 2.05) is 33.7 Å². The number of hydrogen-bond acceptors (Lipinski definition) is 5. The Morgan fingerprint density at radius 1 is 1.29 bits per heavy atom. The SMILES string of the molecule is CN=C(NCC(=O)N1CCc2sccc2C1)NCc1nnc2ccccn12.I. The van der Waals surface area contributed by atoms with Crippen molar-refractivity contribution in [1.82, 2.24) is 30.1 Å². The van der Waals surface area contributed by atoms with E-state index < -0.39 is 0 Å². The normalized spacial score (nSPS) is 13.8. The summed E-state index contributed by atoms with van der Waals surface area (Å²) >= 11 is 1.77. The van der Waals surface area contributed by atoms with Crippen LogP contribution >= 0.6 is 35.3 Å². The zero-order chi connectivity index (χ0) is 18.6. The molecule has 4 rings (SSSR count). The van der Waals surface area contributed by atoms with Crippen molar-refractivity contribution < 1.29 is 4.79 Å². The van der Waals surface area contributed by atoms with Gasteiger partial charge in [-0.15, -0.1) is 45.5 Å². The third-order valence-electron chi connectivity index (χ3n) is 4.59. The van der Waals surface area contributed by atoms with Gasteiger partial charge in [0, 0.05) is 31.2 Å². The molecule has 0 saturated heterocycles. The van der Waals surface area contributed by atoms with Crippen molar-refractivity contribution in [2.24, 2.45) is 4.99 Å². The highest BCUT2D eigenvalue weighted by molar-refractivity contribution is 14.0. The number of nitrogens with one attached hydrogen (secondary N) is 2. The van der Waals surface area contributed by atoms with Gasteiger partial charge in [0.2, 0.25) is 5.91 Å². The Labute approximate surface area is 184 Å². The highest BCUT2D eigenvalue weighted by Crippen LogP contribution is 2.23. The molecule has 0 spiro atoms. The van der Waals surface area contributed by atoms with E-state index in [2.05, 4.69) is 37.3 Å². The first-order valence-electron chi connectivity index (χ1n) is 8.81. The van der Waals surface area contributed by atoms with E-state index in [0.29, 0.717) is 19.0 Å². The number of aliphatic imine (C=N–C) groups is 1.